The number of aryl methyl sites for hydroxylation is 1. The summed E-state index contributed by atoms with van der Waals surface area (Å²) in [4.78, 5) is 1.21. The third kappa shape index (κ3) is 2.20. The fourth-order valence-corrected chi connectivity index (χ4v) is 3.41. The fourth-order valence-electron chi connectivity index (χ4n) is 1.73. The molecule has 0 spiro atoms. The first-order valence-electron chi connectivity index (χ1n) is 4.98. The molecule has 0 saturated carbocycles. The highest BCUT2D eigenvalue weighted by molar-refractivity contribution is 9.10. The first-order valence-corrected chi connectivity index (χ1v) is 6.66. The van der Waals surface area contributed by atoms with Gasteiger partial charge in [0.1, 0.15) is 0 Å². The van der Waals surface area contributed by atoms with E-state index in [9.17, 15) is 0 Å². The van der Waals surface area contributed by atoms with Crippen molar-refractivity contribution in [2.45, 2.75) is 13.0 Å². The molecule has 1 aromatic carbocycles. The van der Waals surface area contributed by atoms with Crippen LogP contribution in [-0.4, -0.2) is 0 Å². The van der Waals surface area contributed by atoms with Gasteiger partial charge in [-0.15, -0.1) is 11.3 Å². The molecule has 16 heavy (non-hydrogen) atoms. The standard InChI is InChI=1S/C12H13BrN2S/c1-8-4-2-3-5-9(8)11(15-14)12-10(13)6-7-16-12/h2-7,11,15H,14H2,1H3. The maximum Gasteiger partial charge on any atom is 0.0816 e. The van der Waals surface area contributed by atoms with Gasteiger partial charge < -0.3 is 0 Å². The first kappa shape index (κ1) is 11.8. The van der Waals surface area contributed by atoms with E-state index in [1.165, 1.54) is 16.0 Å². The quantitative estimate of drug-likeness (QED) is 0.673. The number of hydrazine groups is 1. The number of nitrogens with two attached hydrogens (primary N) is 1. The van der Waals surface area contributed by atoms with Crippen LogP contribution in [0.5, 0.6) is 0 Å². The molecular weight excluding hydrogens is 284 g/mol. The van der Waals surface area contributed by atoms with Crippen molar-refractivity contribution in [3.05, 3.63) is 56.2 Å². The number of rotatable bonds is 3. The van der Waals surface area contributed by atoms with Crippen LogP contribution in [0.2, 0.25) is 0 Å². The van der Waals surface area contributed by atoms with E-state index >= 15 is 0 Å². The molecule has 0 aliphatic rings. The van der Waals surface area contributed by atoms with E-state index in [4.69, 9.17) is 5.84 Å². The lowest BCUT2D eigenvalue weighted by Gasteiger charge is -2.17. The molecule has 0 radical (unpaired) electrons. The lowest BCUT2D eigenvalue weighted by Crippen LogP contribution is -2.28. The molecule has 0 aliphatic carbocycles. The molecule has 84 valence electrons. The average molecular weight is 297 g/mol. The zero-order valence-electron chi connectivity index (χ0n) is 8.91. The Hall–Kier alpha value is -0.680. The number of benzene rings is 1. The van der Waals surface area contributed by atoms with Crippen LogP contribution in [0.1, 0.15) is 22.0 Å². The summed E-state index contributed by atoms with van der Waals surface area (Å²) < 4.78 is 1.10. The summed E-state index contributed by atoms with van der Waals surface area (Å²) in [6.45, 7) is 2.10. The summed E-state index contributed by atoms with van der Waals surface area (Å²) in [5.74, 6) is 5.67. The fraction of sp³-hybridized carbons (Fsp3) is 0.167. The van der Waals surface area contributed by atoms with Gasteiger partial charge in [-0.2, -0.15) is 0 Å². The Bertz CT molecular complexity index is 481. The van der Waals surface area contributed by atoms with Crippen LogP contribution in [-0.2, 0) is 0 Å². The summed E-state index contributed by atoms with van der Waals surface area (Å²) in [7, 11) is 0. The smallest absolute Gasteiger partial charge is 0.0816 e. The average Bonchev–Trinajstić information content (AvgIpc) is 2.69. The molecule has 0 saturated heterocycles. The molecule has 2 nitrogen and oxygen atoms in total. The first-order chi connectivity index (χ1) is 7.74. The molecule has 1 atom stereocenters. The third-order valence-electron chi connectivity index (χ3n) is 2.57. The van der Waals surface area contributed by atoms with Gasteiger partial charge in [0, 0.05) is 9.35 Å². The van der Waals surface area contributed by atoms with Crippen molar-refractivity contribution in [3.8, 4) is 0 Å². The van der Waals surface area contributed by atoms with E-state index in [0.717, 1.165) is 4.47 Å². The predicted octanol–water partition coefficient (Wildman–Crippen LogP) is 3.37. The largest absolute Gasteiger partial charge is 0.271 e. The number of hydrogen-bond donors (Lipinski definition) is 2. The summed E-state index contributed by atoms with van der Waals surface area (Å²) in [5.41, 5.74) is 5.34. The monoisotopic (exact) mass is 296 g/mol. The van der Waals surface area contributed by atoms with Gasteiger partial charge in [0.15, 0.2) is 0 Å². The Morgan fingerprint density at radius 3 is 2.62 bits per heavy atom. The van der Waals surface area contributed by atoms with Crippen molar-refractivity contribution < 1.29 is 0 Å². The maximum atomic E-state index is 5.67. The summed E-state index contributed by atoms with van der Waals surface area (Å²) in [5, 5.41) is 2.06. The Balaban J connectivity index is 2.45. The zero-order chi connectivity index (χ0) is 11.5. The van der Waals surface area contributed by atoms with Crippen LogP contribution in [0.25, 0.3) is 0 Å². The Kier molecular flexibility index (Phi) is 3.76. The molecule has 2 aromatic rings. The second kappa shape index (κ2) is 5.10. The van der Waals surface area contributed by atoms with Crippen LogP contribution < -0.4 is 11.3 Å². The van der Waals surface area contributed by atoms with Crippen LogP contribution >= 0.6 is 27.3 Å². The highest BCUT2D eigenvalue weighted by atomic mass is 79.9. The molecule has 4 heteroatoms. The lowest BCUT2D eigenvalue weighted by molar-refractivity contribution is 0.641. The normalized spacial score (nSPS) is 12.7. The molecule has 0 amide bonds. The minimum Gasteiger partial charge on any atom is -0.271 e. The van der Waals surface area contributed by atoms with Gasteiger partial charge >= 0.3 is 0 Å². The number of thiophene rings is 1. The Labute approximate surface area is 108 Å². The molecule has 0 aliphatic heterocycles. The molecule has 1 unspecified atom stereocenters. The summed E-state index contributed by atoms with van der Waals surface area (Å²) in [6, 6.07) is 10.4. The van der Waals surface area contributed by atoms with Crippen molar-refractivity contribution >= 4 is 27.3 Å². The number of halogens is 1. The highest BCUT2D eigenvalue weighted by Crippen LogP contribution is 2.33. The van der Waals surface area contributed by atoms with Crippen LogP contribution in [0.3, 0.4) is 0 Å². The van der Waals surface area contributed by atoms with E-state index in [1.807, 2.05) is 18.2 Å². The van der Waals surface area contributed by atoms with Gasteiger partial charge in [-0.1, -0.05) is 24.3 Å². The van der Waals surface area contributed by atoms with Gasteiger partial charge in [0.05, 0.1) is 6.04 Å². The molecule has 1 aromatic heterocycles. The van der Waals surface area contributed by atoms with Crippen molar-refractivity contribution in [1.29, 1.82) is 0 Å². The van der Waals surface area contributed by atoms with Gasteiger partial charge in [-0.05, 0) is 45.4 Å². The molecular formula is C12H13BrN2S. The van der Waals surface area contributed by atoms with Gasteiger partial charge in [-0.25, -0.2) is 5.43 Å². The lowest BCUT2D eigenvalue weighted by atomic mass is 10.0. The second-order valence-corrected chi connectivity index (χ2v) is 5.39. The van der Waals surface area contributed by atoms with Gasteiger partial charge in [-0.3, -0.25) is 5.84 Å². The van der Waals surface area contributed by atoms with Crippen molar-refractivity contribution in [2.24, 2.45) is 5.84 Å². The third-order valence-corrected chi connectivity index (χ3v) is 4.51. The molecule has 3 N–H and O–H groups in total. The minimum absolute atomic E-state index is 0.0515. The van der Waals surface area contributed by atoms with E-state index in [-0.39, 0.29) is 6.04 Å². The Morgan fingerprint density at radius 1 is 1.31 bits per heavy atom. The van der Waals surface area contributed by atoms with Crippen molar-refractivity contribution in [1.82, 2.24) is 5.43 Å². The predicted molar refractivity (Wildman–Crippen MR) is 72.4 cm³/mol. The topological polar surface area (TPSA) is 38.0 Å². The Morgan fingerprint density at radius 2 is 2.06 bits per heavy atom. The summed E-state index contributed by atoms with van der Waals surface area (Å²) in [6.07, 6.45) is 0. The van der Waals surface area contributed by atoms with Crippen LogP contribution in [0.4, 0.5) is 0 Å². The molecule has 0 bridgehead atoms. The molecule has 0 fully saturated rings. The van der Waals surface area contributed by atoms with E-state index in [1.54, 1.807) is 11.3 Å². The maximum absolute atomic E-state index is 5.67. The second-order valence-electron chi connectivity index (χ2n) is 3.59. The SMILES string of the molecule is Cc1ccccc1C(NN)c1sccc1Br. The zero-order valence-corrected chi connectivity index (χ0v) is 11.3. The summed E-state index contributed by atoms with van der Waals surface area (Å²) >= 11 is 5.24. The number of nitrogens with one attached hydrogen (secondary N) is 1. The van der Waals surface area contributed by atoms with Crippen molar-refractivity contribution in [2.75, 3.05) is 0 Å². The van der Waals surface area contributed by atoms with E-state index in [2.05, 4.69) is 45.8 Å². The van der Waals surface area contributed by atoms with Crippen molar-refractivity contribution in [3.63, 3.8) is 0 Å². The minimum atomic E-state index is 0.0515. The molecule has 1 heterocycles. The van der Waals surface area contributed by atoms with Crippen LogP contribution in [0.15, 0.2) is 40.2 Å². The van der Waals surface area contributed by atoms with E-state index in [0.29, 0.717) is 0 Å². The highest BCUT2D eigenvalue weighted by Gasteiger charge is 2.17. The van der Waals surface area contributed by atoms with Gasteiger partial charge in [0.2, 0.25) is 0 Å². The molecule has 2 rings (SSSR count). The van der Waals surface area contributed by atoms with Gasteiger partial charge in [0.25, 0.3) is 0 Å². The van der Waals surface area contributed by atoms with E-state index < -0.39 is 0 Å². The number of hydrogen-bond acceptors (Lipinski definition) is 3. The van der Waals surface area contributed by atoms with Crippen LogP contribution in [0, 0.1) is 6.92 Å².